The monoisotopic (exact) mass is 285 g/mol. The number of carbonyl (C=O) groups excluding carboxylic acids is 1. The zero-order chi connectivity index (χ0) is 13.1. The summed E-state index contributed by atoms with van der Waals surface area (Å²) in [5, 5.41) is 0.607. The highest BCUT2D eigenvalue weighted by molar-refractivity contribution is 7.80. The molecule has 2 rings (SSSR count). The van der Waals surface area contributed by atoms with Gasteiger partial charge in [-0.3, -0.25) is 4.79 Å². The first kappa shape index (κ1) is 13.6. The summed E-state index contributed by atoms with van der Waals surface area (Å²) in [4.78, 5) is 13.7. The van der Waals surface area contributed by atoms with Crippen LogP contribution in [0.5, 0.6) is 5.75 Å². The number of amides is 1. The predicted molar refractivity (Wildman–Crippen MR) is 76.9 cm³/mol. The quantitative estimate of drug-likeness (QED) is 0.862. The minimum Gasteiger partial charge on any atom is -0.482 e. The second-order valence-corrected chi connectivity index (χ2v) is 5.16. The molecule has 98 valence electrons. The molecule has 1 aliphatic rings. The molecule has 0 N–H and O–H groups in total. The van der Waals surface area contributed by atoms with E-state index in [0.717, 1.165) is 17.9 Å². The van der Waals surface area contributed by atoms with E-state index in [-0.39, 0.29) is 12.5 Å². The van der Waals surface area contributed by atoms with Gasteiger partial charge in [-0.25, -0.2) is 0 Å². The van der Waals surface area contributed by atoms with Gasteiger partial charge in [0, 0.05) is 11.6 Å². The molecule has 0 radical (unpaired) electrons. The summed E-state index contributed by atoms with van der Waals surface area (Å²) in [6.45, 7) is 2.86. The summed E-state index contributed by atoms with van der Waals surface area (Å²) in [7, 11) is 0. The number of benzene rings is 1. The number of nitrogens with zero attached hydrogens (tertiary/aromatic N) is 1. The number of ether oxygens (including phenoxy) is 1. The summed E-state index contributed by atoms with van der Waals surface area (Å²) in [6.07, 6.45) is 0.990. The third-order valence-corrected chi connectivity index (χ3v) is 3.89. The number of carbonyl (C=O) groups is 1. The molecule has 1 atom stereocenters. The van der Waals surface area contributed by atoms with Crippen LogP contribution < -0.4 is 9.64 Å². The Bertz CT molecular complexity index is 449. The van der Waals surface area contributed by atoms with Gasteiger partial charge >= 0.3 is 0 Å². The molecular weight excluding hydrogens is 270 g/mol. The van der Waals surface area contributed by atoms with E-state index >= 15 is 0 Å². The molecule has 1 aromatic carbocycles. The van der Waals surface area contributed by atoms with E-state index in [1.54, 1.807) is 23.1 Å². The van der Waals surface area contributed by atoms with E-state index in [1.165, 1.54) is 0 Å². The molecule has 0 aromatic heterocycles. The lowest BCUT2D eigenvalue weighted by atomic mass is 10.1. The third kappa shape index (κ3) is 2.75. The van der Waals surface area contributed by atoms with Crippen molar-refractivity contribution in [1.29, 1.82) is 0 Å². The predicted octanol–water partition coefficient (Wildman–Crippen LogP) is 3.02. The van der Waals surface area contributed by atoms with E-state index in [0.29, 0.717) is 23.2 Å². The van der Waals surface area contributed by atoms with Crippen LogP contribution >= 0.6 is 24.2 Å². The summed E-state index contributed by atoms with van der Waals surface area (Å²) >= 11 is 10.3. The standard InChI is InChI=1S/C13H16ClNO2S/c1-2-9(8-18)6-15-11-5-10(14)3-4-12(11)17-7-13(15)16/h3-5,9,18H,2,6-8H2,1H3. The molecule has 3 nitrogen and oxygen atoms in total. The lowest BCUT2D eigenvalue weighted by molar-refractivity contribution is -0.121. The highest BCUT2D eigenvalue weighted by Crippen LogP contribution is 2.35. The van der Waals surface area contributed by atoms with Crippen molar-refractivity contribution in [3.8, 4) is 5.75 Å². The SMILES string of the molecule is CCC(CS)CN1C(=O)COc2ccc(Cl)cc21. The van der Waals surface area contributed by atoms with Crippen molar-refractivity contribution in [2.45, 2.75) is 13.3 Å². The average molecular weight is 286 g/mol. The first-order valence-electron chi connectivity index (χ1n) is 5.99. The van der Waals surface area contributed by atoms with Gasteiger partial charge in [0.15, 0.2) is 6.61 Å². The number of hydrogen-bond acceptors (Lipinski definition) is 3. The number of halogens is 1. The Labute approximate surface area is 117 Å². The second kappa shape index (κ2) is 5.85. The van der Waals surface area contributed by atoms with Gasteiger partial charge in [-0.1, -0.05) is 24.9 Å². The van der Waals surface area contributed by atoms with Crippen LogP contribution in [-0.4, -0.2) is 24.8 Å². The van der Waals surface area contributed by atoms with Gasteiger partial charge < -0.3 is 9.64 Å². The summed E-state index contributed by atoms with van der Waals surface area (Å²) in [5.41, 5.74) is 0.763. The highest BCUT2D eigenvalue weighted by atomic mass is 35.5. The molecule has 1 amide bonds. The third-order valence-electron chi connectivity index (χ3n) is 3.14. The van der Waals surface area contributed by atoms with Crippen molar-refractivity contribution in [2.75, 3.05) is 23.8 Å². The van der Waals surface area contributed by atoms with Crippen LogP contribution in [0.3, 0.4) is 0 Å². The highest BCUT2D eigenvalue weighted by Gasteiger charge is 2.27. The van der Waals surface area contributed by atoms with Gasteiger partial charge in [-0.2, -0.15) is 12.6 Å². The molecule has 0 bridgehead atoms. The van der Waals surface area contributed by atoms with Crippen LogP contribution in [-0.2, 0) is 4.79 Å². The molecule has 5 heteroatoms. The van der Waals surface area contributed by atoms with Crippen LogP contribution in [0.4, 0.5) is 5.69 Å². The summed E-state index contributed by atoms with van der Waals surface area (Å²) < 4.78 is 5.40. The maximum absolute atomic E-state index is 12.0. The van der Waals surface area contributed by atoms with Crippen molar-refractivity contribution >= 4 is 35.8 Å². The lowest BCUT2D eigenvalue weighted by Crippen LogP contribution is -2.42. The largest absolute Gasteiger partial charge is 0.482 e. The van der Waals surface area contributed by atoms with Crippen LogP contribution in [0.15, 0.2) is 18.2 Å². The van der Waals surface area contributed by atoms with Gasteiger partial charge in [0.1, 0.15) is 5.75 Å². The minimum absolute atomic E-state index is 0.0231. The van der Waals surface area contributed by atoms with Crippen LogP contribution in [0.25, 0.3) is 0 Å². The van der Waals surface area contributed by atoms with E-state index in [9.17, 15) is 4.79 Å². The number of thiol groups is 1. The molecule has 1 unspecified atom stereocenters. The molecule has 1 aliphatic heterocycles. The van der Waals surface area contributed by atoms with E-state index < -0.39 is 0 Å². The number of anilines is 1. The van der Waals surface area contributed by atoms with E-state index in [4.69, 9.17) is 16.3 Å². The molecule has 0 saturated carbocycles. The lowest BCUT2D eigenvalue weighted by Gasteiger charge is -2.31. The van der Waals surface area contributed by atoms with Crippen molar-refractivity contribution in [1.82, 2.24) is 0 Å². The number of hydrogen-bond donors (Lipinski definition) is 1. The molecule has 0 aliphatic carbocycles. The first-order chi connectivity index (χ1) is 8.65. The van der Waals surface area contributed by atoms with Gasteiger partial charge in [0.05, 0.1) is 5.69 Å². The van der Waals surface area contributed by atoms with Crippen molar-refractivity contribution in [2.24, 2.45) is 5.92 Å². The van der Waals surface area contributed by atoms with Gasteiger partial charge in [0.2, 0.25) is 0 Å². The van der Waals surface area contributed by atoms with Gasteiger partial charge in [-0.15, -0.1) is 0 Å². The Morgan fingerprint density at radius 3 is 3.00 bits per heavy atom. The van der Waals surface area contributed by atoms with Crippen LogP contribution in [0, 0.1) is 5.92 Å². The molecule has 1 aromatic rings. The van der Waals surface area contributed by atoms with Gasteiger partial charge in [0.25, 0.3) is 5.91 Å². The Morgan fingerprint density at radius 1 is 1.56 bits per heavy atom. The summed E-state index contributed by atoms with van der Waals surface area (Å²) in [6, 6.07) is 5.35. The van der Waals surface area contributed by atoms with Gasteiger partial charge in [-0.05, 0) is 29.9 Å². The average Bonchev–Trinajstić information content (AvgIpc) is 2.38. The minimum atomic E-state index is -0.0231. The maximum Gasteiger partial charge on any atom is 0.265 e. The number of rotatable bonds is 4. The Balaban J connectivity index is 2.29. The van der Waals surface area contributed by atoms with Crippen LogP contribution in [0.1, 0.15) is 13.3 Å². The Morgan fingerprint density at radius 2 is 2.33 bits per heavy atom. The van der Waals surface area contributed by atoms with E-state index in [1.807, 2.05) is 0 Å². The molecule has 18 heavy (non-hydrogen) atoms. The Hall–Kier alpha value is -0.870. The first-order valence-corrected chi connectivity index (χ1v) is 7.00. The fraction of sp³-hybridized carbons (Fsp3) is 0.462. The fourth-order valence-electron chi connectivity index (χ4n) is 1.95. The number of fused-ring (bicyclic) bond motifs is 1. The smallest absolute Gasteiger partial charge is 0.265 e. The van der Waals surface area contributed by atoms with E-state index in [2.05, 4.69) is 19.6 Å². The normalized spacial score (nSPS) is 16.2. The van der Waals surface area contributed by atoms with Crippen molar-refractivity contribution in [3.63, 3.8) is 0 Å². The molecule has 0 saturated heterocycles. The maximum atomic E-state index is 12.0. The summed E-state index contributed by atoms with van der Waals surface area (Å²) in [5.74, 6) is 1.83. The van der Waals surface area contributed by atoms with Crippen LogP contribution in [0.2, 0.25) is 5.02 Å². The molecule has 0 fully saturated rings. The molecular formula is C13H16ClNO2S. The zero-order valence-electron chi connectivity index (χ0n) is 10.2. The van der Waals surface area contributed by atoms with Crippen molar-refractivity contribution < 1.29 is 9.53 Å². The zero-order valence-corrected chi connectivity index (χ0v) is 11.9. The van der Waals surface area contributed by atoms with Crippen molar-refractivity contribution in [3.05, 3.63) is 23.2 Å². The fourth-order valence-corrected chi connectivity index (χ4v) is 2.49. The Kier molecular flexibility index (Phi) is 4.40. The topological polar surface area (TPSA) is 29.5 Å². The second-order valence-electron chi connectivity index (χ2n) is 4.36. The molecule has 1 heterocycles. The molecule has 0 spiro atoms.